The van der Waals surface area contributed by atoms with E-state index < -0.39 is 53.6 Å². The van der Waals surface area contributed by atoms with Crippen LogP contribution >= 0.6 is 0 Å². The zero-order valence-electron chi connectivity index (χ0n) is 18.9. The van der Waals surface area contributed by atoms with Gasteiger partial charge in [0.1, 0.15) is 0 Å². The van der Waals surface area contributed by atoms with E-state index in [-0.39, 0.29) is 74.2 Å². The van der Waals surface area contributed by atoms with Crippen molar-refractivity contribution in [2.75, 3.05) is 0 Å². The van der Waals surface area contributed by atoms with Crippen molar-refractivity contribution in [2.45, 2.75) is 72.9 Å². The van der Waals surface area contributed by atoms with Crippen LogP contribution in [0.5, 0.6) is 0 Å². The van der Waals surface area contributed by atoms with E-state index in [9.17, 15) is 28.8 Å². The maximum absolute atomic E-state index is 11.1. The summed E-state index contributed by atoms with van der Waals surface area (Å²) in [5.41, 5.74) is 5.26. The molecule has 4 unspecified atom stereocenters. The summed E-state index contributed by atoms with van der Waals surface area (Å²) >= 11 is 0. The Balaban J connectivity index is -0.000000124. The Morgan fingerprint density at radius 2 is 1.30 bits per heavy atom. The number of esters is 2. The van der Waals surface area contributed by atoms with Crippen LogP contribution in [0, 0.1) is 11.8 Å². The second kappa shape index (κ2) is 21.8. The number of carboxylic acid groups (broad SMARTS) is 3. The summed E-state index contributed by atoms with van der Waals surface area (Å²) in [5.74, 6) is -5.26. The number of hydrogen-bond acceptors (Lipinski definition) is 9. The number of hydrogen-bond donors (Lipinski definition) is 5. The van der Waals surface area contributed by atoms with Crippen molar-refractivity contribution in [3.8, 4) is 0 Å². The number of amides is 1. The van der Waals surface area contributed by atoms with E-state index in [2.05, 4.69) is 10.1 Å². The summed E-state index contributed by atoms with van der Waals surface area (Å²) in [7, 11) is 0. The number of rotatable bonds is 8. The standard InChI is InChI=1S/C9H15NO5.C5H11NO2.C4H4O3.CH4.Na.H2O/c1-5(9(14)15)6(2)10-7(11)3-4-8(12)13;1-3(4(2)6)5(7)8;5-3-1-2-4(6)7-3;;;/h5-6H,3-4H2,1-2H3,(H,10,11)(H,12,13)(H,14,15);3-4H,6H2,1-2H3,(H,7,8);1-2H2;1H4;;1H2/q;;;;+1;/p-1. The number of ether oxygens (including phenoxy) is 1. The molecule has 7 N–H and O–H groups in total. The minimum Gasteiger partial charge on any atom is -0.870 e. The smallest absolute Gasteiger partial charge is 0.870 e. The van der Waals surface area contributed by atoms with E-state index in [4.69, 9.17) is 21.1 Å². The van der Waals surface area contributed by atoms with Gasteiger partial charge in [-0.15, -0.1) is 0 Å². The fourth-order valence-electron chi connectivity index (χ4n) is 1.54. The normalized spacial score (nSPS) is 14.8. The third kappa shape index (κ3) is 22.9. The SMILES string of the molecule is C.CC(N)C(C)C(=O)O.CC(NC(=O)CCC(=O)O)C(C)C(=O)O.O=C1CCC(=O)O1.[Na+].[OH-]. The molecule has 1 saturated heterocycles. The Morgan fingerprint density at radius 3 is 1.52 bits per heavy atom. The Labute approximate surface area is 215 Å². The molecule has 1 amide bonds. The molecule has 1 aliphatic heterocycles. The zero-order valence-corrected chi connectivity index (χ0v) is 20.9. The summed E-state index contributed by atoms with van der Waals surface area (Å²) < 4.78 is 4.08. The van der Waals surface area contributed by atoms with Crippen LogP contribution in [0.2, 0.25) is 0 Å². The van der Waals surface area contributed by atoms with Gasteiger partial charge in [-0.1, -0.05) is 14.4 Å². The van der Waals surface area contributed by atoms with Crippen LogP contribution in [0.15, 0.2) is 0 Å². The van der Waals surface area contributed by atoms with Gasteiger partial charge in [0, 0.05) is 18.5 Å². The molecule has 0 bridgehead atoms. The van der Waals surface area contributed by atoms with Crippen LogP contribution in [0.3, 0.4) is 0 Å². The van der Waals surface area contributed by atoms with Crippen molar-refractivity contribution >= 4 is 35.8 Å². The predicted octanol–water partition coefficient (Wildman–Crippen LogP) is -2.56. The summed E-state index contributed by atoms with van der Waals surface area (Å²) in [6, 6.07) is -0.767. The Kier molecular flexibility index (Phi) is 27.2. The quantitative estimate of drug-likeness (QED) is 0.134. The maximum atomic E-state index is 11.1. The fourth-order valence-corrected chi connectivity index (χ4v) is 1.54. The molecule has 0 aromatic heterocycles. The number of carboxylic acids is 3. The van der Waals surface area contributed by atoms with Gasteiger partial charge in [0.25, 0.3) is 0 Å². The molecule has 33 heavy (non-hydrogen) atoms. The molecular weight excluding hydrogens is 455 g/mol. The van der Waals surface area contributed by atoms with Crippen LogP contribution in [-0.4, -0.2) is 68.6 Å². The number of carbonyl (C=O) groups is 6. The van der Waals surface area contributed by atoms with Gasteiger partial charge in [0.2, 0.25) is 5.91 Å². The third-order valence-electron chi connectivity index (χ3n) is 4.03. The summed E-state index contributed by atoms with van der Waals surface area (Å²) in [4.78, 5) is 61.9. The molecule has 0 spiro atoms. The monoisotopic (exact) mass is 490 g/mol. The van der Waals surface area contributed by atoms with Crippen LogP contribution in [0.4, 0.5) is 0 Å². The van der Waals surface area contributed by atoms with Crippen molar-refractivity contribution in [3.05, 3.63) is 0 Å². The summed E-state index contributed by atoms with van der Waals surface area (Å²) in [6.45, 7) is 6.31. The predicted molar refractivity (Wildman–Crippen MR) is 111 cm³/mol. The van der Waals surface area contributed by atoms with Gasteiger partial charge in [-0.05, 0) is 20.8 Å². The average Bonchev–Trinajstić information content (AvgIpc) is 3.02. The number of carbonyl (C=O) groups excluding carboxylic acids is 3. The van der Waals surface area contributed by atoms with Crippen LogP contribution in [0.1, 0.15) is 60.8 Å². The molecule has 1 aliphatic rings. The van der Waals surface area contributed by atoms with Gasteiger partial charge < -0.3 is 36.6 Å². The second-order valence-electron chi connectivity index (χ2n) is 6.71. The van der Waals surface area contributed by atoms with E-state index in [1.807, 2.05) is 0 Å². The molecule has 0 aromatic rings. The topological polar surface area (TPSA) is 240 Å². The Hall–Kier alpha value is -2.06. The van der Waals surface area contributed by atoms with Crippen LogP contribution in [-0.2, 0) is 33.5 Å². The second-order valence-corrected chi connectivity index (χ2v) is 6.71. The molecule has 0 radical (unpaired) electrons. The molecule has 0 aliphatic carbocycles. The zero-order chi connectivity index (χ0) is 24.0. The van der Waals surface area contributed by atoms with Gasteiger partial charge in [0.05, 0.1) is 31.1 Å². The molecular formula is C19H35N2NaO11. The number of cyclic esters (lactones) is 2. The first-order chi connectivity index (χ1) is 13.7. The van der Waals surface area contributed by atoms with E-state index in [0.717, 1.165) is 0 Å². The summed E-state index contributed by atoms with van der Waals surface area (Å²) in [6.07, 6.45) is 0.143. The van der Waals surface area contributed by atoms with Gasteiger partial charge in [-0.2, -0.15) is 0 Å². The van der Waals surface area contributed by atoms with Crippen molar-refractivity contribution in [3.63, 3.8) is 0 Å². The van der Waals surface area contributed by atoms with Crippen molar-refractivity contribution in [2.24, 2.45) is 17.6 Å². The molecule has 0 aromatic carbocycles. The molecule has 188 valence electrons. The average molecular weight is 490 g/mol. The first-order valence-corrected chi connectivity index (χ1v) is 9.14. The number of nitrogens with one attached hydrogen (secondary N) is 1. The molecule has 1 rings (SSSR count). The third-order valence-corrected chi connectivity index (χ3v) is 4.03. The van der Waals surface area contributed by atoms with E-state index in [1.54, 1.807) is 20.8 Å². The van der Waals surface area contributed by atoms with Crippen LogP contribution in [0.25, 0.3) is 0 Å². The molecule has 1 fully saturated rings. The Bertz CT molecular complexity index is 627. The van der Waals surface area contributed by atoms with Gasteiger partial charge in [0.15, 0.2) is 0 Å². The minimum absolute atomic E-state index is 0. The molecule has 0 saturated carbocycles. The fraction of sp³-hybridized carbons (Fsp3) is 0.684. The molecule has 4 atom stereocenters. The van der Waals surface area contributed by atoms with Gasteiger partial charge in [-0.3, -0.25) is 28.8 Å². The van der Waals surface area contributed by atoms with E-state index in [1.165, 1.54) is 6.92 Å². The van der Waals surface area contributed by atoms with Crippen molar-refractivity contribution in [1.29, 1.82) is 0 Å². The first kappa shape index (κ1) is 41.2. The molecule has 14 heteroatoms. The molecule has 1 heterocycles. The summed E-state index contributed by atoms with van der Waals surface area (Å²) in [5, 5.41) is 27.7. The number of aliphatic carboxylic acids is 3. The van der Waals surface area contributed by atoms with Gasteiger partial charge in [-0.25, -0.2) is 0 Å². The molecule has 13 nitrogen and oxygen atoms in total. The van der Waals surface area contributed by atoms with Crippen molar-refractivity contribution in [1.82, 2.24) is 5.32 Å². The largest absolute Gasteiger partial charge is 1.00 e. The van der Waals surface area contributed by atoms with E-state index in [0.29, 0.717) is 0 Å². The van der Waals surface area contributed by atoms with Gasteiger partial charge >= 0.3 is 59.4 Å². The first-order valence-electron chi connectivity index (χ1n) is 9.14. The minimum atomic E-state index is -1.05. The van der Waals surface area contributed by atoms with Crippen LogP contribution < -0.4 is 40.6 Å². The Morgan fingerprint density at radius 1 is 0.909 bits per heavy atom. The maximum Gasteiger partial charge on any atom is 1.00 e. The van der Waals surface area contributed by atoms with Crippen molar-refractivity contribution < 1.29 is 83.9 Å². The van der Waals surface area contributed by atoms with E-state index >= 15 is 0 Å². The number of nitrogens with two attached hydrogens (primary N) is 1.